The minimum absolute atomic E-state index is 0.242. The van der Waals surface area contributed by atoms with E-state index >= 15 is 0 Å². The molecule has 0 bridgehead atoms. The van der Waals surface area contributed by atoms with E-state index in [-0.39, 0.29) is 11.2 Å². The number of likely N-dealkylation sites (N-methyl/N-ethyl adjacent to an activating group) is 1. The predicted molar refractivity (Wildman–Crippen MR) is 143 cm³/mol. The number of allylic oxidation sites excluding steroid dienone is 4. The monoisotopic (exact) mass is 468 g/mol. The Bertz CT molecular complexity index is 917. The lowest BCUT2D eigenvalue weighted by Gasteiger charge is -2.40. The van der Waals surface area contributed by atoms with E-state index in [0.717, 1.165) is 54.1 Å². The molecule has 178 valence electrons. The third-order valence-corrected chi connectivity index (χ3v) is 6.64. The third kappa shape index (κ3) is 6.95. The molecule has 1 aromatic carbocycles. The van der Waals surface area contributed by atoms with E-state index in [9.17, 15) is 4.39 Å². The molecule has 0 heterocycles. The zero-order valence-electron chi connectivity index (χ0n) is 20.1. The average Bonchev–Trinajstić information content (AvgIpc) is 2.83. The Kier molecular flexibility index (Phi) is 10.7. The molecule has 2 rings (SSSR count). The van der Waals surface area contributed by atoms with Crippen LogP contribution in [0.2, 0.25) is 0 Å². The fourth-order valence-corrected chi connectivity index (χ4v) is 4.64. The van der Waals surface area contributed by atoms with E-state index in [0.29, 0.717) is 6.54 Å². The molecular formula is C27H37FN4S. The van der Waals surface area contributed by atoms with Crippen LogP contribution in [0, 0.1) is 16.6 Å². The smallest absolute Gasteiger partial charge is 0.123 e. The van der Waals surface area contributed by atoms with Crippen LogP contribution in [-0.4, -0.2) is 26.4 Å². The number of benzene rings is 1. The highest BCUT2D eigenvalue weighted by Gasteiger charge is 2.35. The molecule has 0 aliphatic heterocycles. The second-order valence-electron chi connectivity index (χ2n) is 8.17. The van der Waals surface area contributed by atoms with E-state index in [4.69, 9.17) is 5.41 Å². The summed E-state index contributed by atoms with van der Waals surface area (Å²) in [6.07, 6.45) is 13.2. The molecular weight excluding hydrogens is 431 g/mol. The molecule has 0 saturated heterocycles. The minimum Gasteiger partial charge on any atom is -0.390 e. The lowest BCUT2D eigenvalue weighted by molar-refractivity contribution is 0.433. The number of halogens is 1. The van der Waals surface area contributed by atoms with Gasteiger partial charge in [0.25, 0.3) is 0 Å². The summed E-state index contributed by atoms with van der Waals surface area (Å²) in [5.41, 5.74) is 4.20. The van der Waals surface area contributed by atoms with E-state index in [1.807, 2.05) is 25.4 Å². The average molecular weight is 469 g/mol. The van der Waals surface area contributed by atoms with Crippen LogP contribution in [0.15, 0.2) is 83.6 Å². The number of nitrogens with one attached hydrogen (secondary N) is 3. The number of hydrogen-bond acceptors (Lipinski definition) is 5. The van der Waals surface area contributed by atoms with Crippen LogP contribution in [0.25, 0.3) is 0 Å². The van der Waals surface area contributed by atoms with Crippen molar-refractivity contribution in [3.05, 3.63) is 89.4 Å². The van der Waals surface area contributed by atoms with Gasteiger partial charge in [-0.05, 0) is 67.1 Å². The highest BCUT2D eigenvalue weighted by Crippen LogP contribution is 2.44. The number of hydrogen-bond donors (Lipinski definition) is 3. The summed E-state index contributed by atoms with van der Waals surface area (Å²) in [5.74, 6) is -0.242. The van der Waals surface area contributed by atoms with Crippen molar-refractivity contribution in [2.75, 3.05) is 25.0 Å². The molecule has 0 fully saturated rings. The Morgan fingerprint density at radius 3 is 2.55 bits per heavy atom. The topological polar surface area (TPSA) is 51.2 Å². The molecule has 0 spiro atoms. The molecule has 1 aliphatic carbocycles. The van der Waals surface area contributed by atoms with Crippen LogP contribution in [0.4, 0.5) is 10.1 Å². The van der Waals surface area contributed by atoms with Gasteiger partial charge in [-0.2, -0.15) is 0 Å². The Balaban J connectivity index is 2.29. The lowest BCUT2D eigenvalue weighted by atomic mass is 9.70. The van der Waals surface area contributed by atoms with Gasteiger partial charge in [-0.1, -0.05) is 44.6 Å². The Labute approximate surface area is 203 Å². The molecule has 0 aromatic heterocycles. The van der Waals surface area contributed by atoms with Crippen LogP contribution >= 0.6 is 11.9 Å². The minimum atomic E-state index is -0.246. The van der Waals surface area contributed by atoms with Crippen molar-refractivity contribution in [1.82, 2.24) is 10.0 Å². The zero-order valence-corrected chi connectivity index (χ0v) is 20.9. The van der Waals surface area contributed by atoms with Crippen molar-refractivity contribution < 1.29 is 4.39 Å². The molecule has 0 amide bonds. The van der Waals surface area contributed by atoms with E-state index < -0.39 is 0 Å². The molecule has 6 heteroatoms. The number of anilines is 1. The second kappa shape index (κ2) is 13.2. The number of nitrogens with zero attached hydrogens (tertiary/aromatic N) is 1. The van der Waals surface area contributed by atoms with Crippen LogP contribution in [0.3, 0.4) is 0 Å². The first-order chi connectivity index (χ1) is 15.9. The summed E-state index contributed by atoms with van der Waals surface area (Å²) >= 11 is 1.46. The van der Waals surface area contributed by atoms with Crippen LogP contribution in [0.1, 0.15) is 39.5 Å². The summed E-state index contributed by atoms with van der Waals surface area (Å²) in [7, 11) is 2.01. The number of rotatable bonds is 14. The van der Waals surface area contributed by atoms with Gasteiger partial charge in [-0.25, -0.2) is 4.39 Å². The SMILES string of the molecule is C=CC1=C(N(C)c2ccc(F)cc2)C=C(CCC)C(C=C)(CNS/C(C=N)=C/NCCC)C1. The first-order valence-electron chi connectivity index (χ1n) is 11.5. The van der Waals surface area contributed by atoms with Crippen molar-refractivity contribution in [1.29, 1.82) is 5.41 Å². The van der Waals surface area contributed by atoms with Crippen molar-refractivity contribution >= 4 is 23.8 Å². The van der Waals surface area contributed by atoms with E-state index in [1.54, 1.807) is 12.1 Å². The Morgan fingerprint density at radius 1 is 1.24 bits per heavy atom. The van der Waals surface area contributed by atoms with Crippen molar-refractivity contribution in [3.8, 4) is 0 Å². The molecule has 3 N–H and O–H groups in total. The molecule has 0 radical (unpaired) electrons. The van der Waals surface area contributed by atoms with Gasteiger partial charge in [0.1, 0.15) is 5.82 Å². The summed E-state index contributed by atoms with van der Waals surface area (Å²) < 4.78 is 16.9. The summed E-state index contributed by atoms with van der Waals surface area (Å²) in [4.78, 5) is 2.92. The van der Waals surface area contributed by atoms with Gasteiger partial charge in [-0.15, -0.1) is 6.58 Å². The maximum absolute atomic E-state index is 13.4. The molecule has 0 saturated carbocycles. The van der Waals surface area contributed by atoms with Gasteiger partial charge in [0.2, 0.25) is 0 Å². The van der Waals surface area contributed by atoms with Crippen LogP contribution in [0.5, 0.6) is 0 Å². The van der Waals surface area contributed by atoms with E-state index in [2.05, 4.69) is 48.0 Å². The highest BCUT2D eigenvalue weighted by molar-refractivity contribution is 8.02. The zero-order chi connectivity index (χ0) is 24.3. The third-order valence-electron chi connectivity index (χ3n) is 5.88. The maximum Gasteiger partial charge on any atom is 0.123 e. The predicted octanol–water partition coefficient (Wildman–Crippen LogP) is 6.73. The normalized spacial score (nSPS) is 18.5. The molecule has 1 aromatic rings. The fourth-order valence-electron chi connectivity index (χ4n) is 3.95. The molecule has 1 aliphatic rings. The summed E-state index contributed by atoms with van der Waals surface area (Å²) in [6, 6.07) is 6.56. The first kappa shape index (κ1) is 26.7. The van der Waals surface area contributed by atoms with Crippen molar-refractivity contribution in [2.45, 2.75) is 39.5 Å². The fraction of sp³-hybridized carbons (Fsp3) is 0.370. The van der Waals surface area contributed by atoms with Gasteiger partial charge in [0, 0.05) is 49.4 Å². The van der Waals surface area contributed by atoms with Crippen LogP contribution in [-0.2, 0) is 0 Å². The maximum atomic E-state index is 13.4. The first-order valence-corrected chi connectivity index (χ1v) is 12.3. The van der Waals surface area contributed by atoms with Crippen LogP contribution < -0.4 is 14.9 Å². The van der Waals surface area contributed by atoms with Gasteiger partial charge < -0.3 is 15.6 Å². The Hall–Kier alpha value is -2.57. The van der Waals surface area contributed by atoms with Crippen molar-refractivity contribution in [2.24, 2.45) is 5.41 Å². The largest absolute Gasteiger partial charge is 0.390 e. The van der Waals surface area contributed by atoms with Gasteiger partial charge in [0.15, 0.2) is 0 Å². The quantitative estimate of drug-likeness (QED) is 0.123. The van der Waals surface area contributed by atoms with Crippen molar-refractivity contribution in [3.63, 3.8) is 0 Å². The standard InChI is InChI=1S/C27H37FN4S/c1-6-10-22-16-26(32(5)24-13-11-23(28)12-14-24)21(8-3)17-27(22,9-4)20-31-33-25(18-29)19-30-15-7-2/h8-9,11-14,16,18-19,29-31H,3-4,6-7,10,15,17,20H2,1-2,5H3/b25-19+,29-18?. The molecule has 1 atom stereocenters. The second-order valence-corrected chi connectivity index (χ2v) is 9.14. The van der Waals surface area contributed by atoms with Gasteiger partial charge in [-0.3, -0.25) is 4.72 Å². The summed E-state index contributed by atoms with van der Waals surface area (Å²) in [5, 5.41) is 10.9. The lowest BCUT2D eigenvalue weighted by Crippen LogP contribution is -2.36. The van der Waals surface area contributed by atoms with Gasteiger partial charge >= 0.3 is 0 Å². The molecule has 4 nitrogen and oxygen atoms in total. The van der Waals surface area contributed by atoms with E-state index in [1.165, 1.54) is 35.9 Å². The highest BCUT2D eigenvalue weighted by atomic mass is 32.2. The molecule has 1 unspecified atom stereocenters. The van der Waals surface area contributed by atoms with Gasteiger partial charge in [0.05, 0.1) is 4.91 Å². The Morgan fingerprint density at radius 2 is 1.97 bits per heavy atom. The molecule has 33 heavy (non-hydrogen) atoms. The summed E-state index contributed by atoms with van der Waals surface area (Å²) in [6.45, 7) is 14.1.